The molecule has 1 aromatic carbocycles. The van der Waals surface area contributed by atoms with Gasteiger partial charge in [0.05, 0.1) is 0 Å². The molecule has 6 nitrogen and oxygen atoms in total. The lowest BCUT2D eigenvalue weighted by molar-refractivity contribution is 0.0972. The molecule has 1 aromatic heterocycles. The fourth-order valence-electron chi connectivity index (χ4n) is 2.05. The molecule has 0 saturated heterocycles. The molecule has 1 amide bonds. The van der Waals surface area contributed by atoms with E-state index < -0.39 is 0 Å². The van der Waals surface area contributed by atoms with E-state index in [0.717, 1.165) is 23.9 Å². The summed E-state index contributed by atoms with van der Waals surface area (Å²) in [5.41, 5.74) is 6.92. The number of rotatable bonds is 5. The van der Waals surface area contributed by atoms with E-state index in [1.165, 1.54) is 0 Å². The minimum atomic E-state index is -0.332. The number of fused-ring (bicyclic) bond motifs is 1. The monoisotopic (exact) mass is 321 g/mol. The van der Waals surface area contributed by atoms with E-state index in [1.807, 2.05) is 26.2 Å². The summed E-state index contributed by atoms with van der Waals surface area (Å²) < 4.78 is 0. The molecular weight excluding hydrogens is 302 g/mol. The Kier molecular flexibility index (Phi) is 5.41. The van der Waals surface area contributed by atoms with E-state index in [0.29, 0.717) is 17.3 Å². The Morgan fingerprint density at radius 1 is 1.45 bits per heavy atom. The van der Waals surface area contributed by atoms with Crippen LogP contribution in [0.5, 0.6) is 0 Å². The van der Waals surface area contributed by atoms with Gasteiger partial charge in [0.2, 0.25) is 0 Å². The third-order valence-electron chi connectivity index (χ3n) is 3.14. The van der Waals surface area contributed by atoms with Crippen molar-refractivity contribution in [3.8, 4) is 0 Å². The van der Waals surface area contributed by atoms with E-state index in [1.54, 1.807) is 12.1 Å². The number of carbonyl (C=O) groups excluding carboxylic acids is 1. The maximum atomic E-state index is 12.1. The highest BCUT2D eigenvalue weighted by atomic mass is 35.5. The Balaban J connectivity index is 1.98. The number of hydrogen-bond donors (Lipinski definition) is 3. The Bertz CT molecular complexity index is 692. The van der Waals surface area contributed by atoms with Gasteiger partial charge in [-0.25, -0.2) is 0 Å². The molecule has 0 atom stereocenters. The third-order valence-corrected chi connectivity index (χ3v) is 3.47. The first-order valence-corrected chi connectivity index (χ1v) is 7.38. The van der Waals surface area contributed by atoms with Crippen molar-refractivity contribution in [3.63, 3.8) is 0 Å². The van der Waals surface area contributed by atoms with Gasteiger partial charge in [0, 0.05) is 22.5 Å². The van der Waals surface area contributed by atoms with Gasteiger partial charge in [-0.1, -0.05) is 17.7 Å². The van der Waals surface area contributed by atoms with E-state index in [9.17, 15) is 4.79 Å². The molecule has 118 valence electrons. The van der Waals surface area contributed by atoms with E-state index in [-0.39, 0.29) is 11.9 Å². The molecule has 0 bridgehead atoms. The predicted octanol–water partition coefficient (Wildman–Crippen LogP) is 1.82. The topological polar surface area (TPSA) is 86.5 Å². The minimum absolute atomic E-state index is 0.119. The number of benzene rings is 1. The Morgan fingerprint density at radius 3 is 2.91 bits per heavy atom. The van der Waals surface area contributed by atoms with Gasteiger partial charge in [0.15, 0.2) is 5.96 Å². The minimum Gasteiger partial charge on any atom is -0.370 e. The average Bonchev–Trinajstić information content (AvgIpc) is 2.89. The average molecular weight is 322 g/mol. The first-order chi connectivity index (χ1) is 10.5. The molecule has 0 aliphatic rings. The summed E-state index contributed by atoms with van der Waals surface area (Å²) in [5, 5.41) is 3.96. The second kappa shape index (κ2) is 7.29. The van der Waals surface area contributed by atoms with Gasteiger partial charge < -0.3 is 15.6 Å². The largest absolute Gasteiger partial charge is 0.370 e. The lowest BCUT2D eigenvalue weighted by Crippen LogP contribution is -2.37. The number of nitrogens with zero attached hydrogens (tertiary/aromatic N) is 2. The van der Waals surface area contributed by atoms with Crippen LogP contribution >= 0.6 is 11.6 Å². The smallest absolute Gasteiger partial charge is 0.274 e. The standard InChI is InChI=1S/C15H20ClN5O/c1-21(2)8-4-7-18-15(17)20-14(22)13-9-10-11(16)5-3-6-12(10)19-13/h3,5-6,9,19H,4,7-8H2,1-2H3,(H3,17,18,20,22). The first-order valence-electron chi connectivity index (χ1n) is 7.00. The number of guanidine groups is 1. The second-order valence-electron chi connectivity index (χ2n) is 5.26. The molecule has 0 fully saturated rings. The molecule has 22 heavy (non-hydrogen) atoms. The Morgan fingerprint density at radius 2 is 2.23 bits per heavy atom. The highest BCUT2D eigenvalue weighted by Gasteiger charge is 2.11. The van der Waals surface area contributed by atoms with E-state index >= 15 is 0 Å². The van der Waals surface area contributed by atoms with E-state index in [4.69, 9.17) is 17.3 Å². The summed E-state index contributed by atoms with van der Waals surface area (Å²) in [7, 11) is 3.99. The SMILES string of the molecule is CN(C)CCCN=C(N)NC(=O)c1cc2c(Cl)cccc2[nH]1. The van der Waals surface area contributed by atoms with Gasteiger partial charge >= 0.3 is 0 Å². The highest BCUT2D eigenvalue weighted by molar-refractivity contribution is 6.35. The van der Waals surface area contributed by atoms with Crippen molar-refractivity contribution in [2.45, 2.75) is 6.42 Å². The van der Waals surface area contributed by atoms with Crippen molar-refractivity contribution in [2.75, 3.05) is 27.2 Å². The van der Waals surface area contributed by atoms with Gasteiger partial charge in [-0.15, -0.1) is 0 Å². The van der Waals surface area contributed by atoms with Gasteiger partial charge in [-0.3, -0.25) is 15.1 Å². The normalized spacial score (nSPS) is 12.1. The number of nitrogens with two attached hydrogens (primary N) is 1. The third kappa shape index (κ3) is 4.22. The summed E-state index contributed by atoms with van der Waals surface area (Å²) in [6.07, 6.45) is 0.881. The van der Waals surface area contributed by atoms with Crippen LogP contribution in [0.4, 0.5) is 0 Å². The molecule has 0 aliphatic heterocycles. The van der Waals surface area contributed by atoms with Crippen LogP contribution < -0.4 is 11.1 Å². The number of amides is 1. The summed E-state index contributed by atoms with van der Waals surface area (Å²) >= 11 is 6.09. The van der Waals surface area contributed by atoms with Gasteiger partial charge in [-0.05, 0) is 45.3 Å². The fraction of sp³-hybridized carbons (Fsp3) is 0.333. The zero-order chi connectivity index (χ0) is 16.1. The molecule has 1 heterocycles. The number of carbonyl (C=O) groups is 1. The number of hydrogen-bond acceptors (Lipinski definition) is 3. The lowest BCUT2D eigenvalue weighted by Gasteiger charge is -2.07. The molecule has 0 unspecified atom stereocenters. The van der Waals surface area contributed by atoms with Crippen LogP contribution in [-0.4, -0.2) is 48.9 Å². The lowest BCUT2D eigenvalue weighted by atomic mass is 10.2. The summed E-state index contributed by atoms with van der Waals surface area (Å²) in [4.78, 5) is 21.3. The maximum Gasteiger partial charge on any atom is 0.274 e. The number of aromatic nitrogens is 1. The number of halogens is 1. The van der Waals surface area contributed by atoms with Gasteiger partial charge in [0.1, 0.15) is 5.69 Å². The number of aliphatic imine (C=N–C) groups is 1. The molecule has 2 aromatic rings. The number of H-pyrrole nitrogens is 1. The molecule has 4 N–H and O–H groups in total. The maximum absolute atomic E-state index is 12.1. The van der Waals surface area contributed by atoms with Crippen molar-refractivity contribution in [1.82, 2.24) is 15.2 Å². The number of aromatic amines is 1. The Labute approximate surface area is 134 Å². The first kappa shape index (κ1) is 16.3. The molecule has 7 heteroatoms. The van der Waals surface area contributed by atoms with Crippen LogP contribution in [0.1, 0.15) is 16.9 Å². The van der Waals surface area contributed by atoms with Crippen LogP contribution in [0, 0.1) is 0 Å². The van der Waals surface area contributed by atoms with Crippen LogP contribution in [-0.2, 0) is 0 Å². The molecule has 0 radical (unpaired) electrons. The van der Waals surface area contributed by atoms with Crippen molar-refractivity contribution in [1.29, 1.82) is 0 Å². The van der Waals surface area contributed by atoms with Crippen molar-refractivity contribution < 1.29 is 4.79 Å². The summed E-state index contributed by atoms with van der Waals surface area (Å²) in [6, 6.07) is 7.16. The van der Waals surface area contributed by atoms with E-state index in [2.05, 4.69) is 20.2 Å². The van der Waals surface area contributed by atoms with Crippen LogP contribution in [0.2, 0.25) is 5.02 Å². The molecule has 2 rings (SSSR count). The summed E-state index contributed by atoms with van der Waals surface area (Å²) in [6.45, 7) is 1.49. The second-order valence-corrected chi connectivity index (χ2v) is 5.67. The zero-order valence-corrected chi connectivity index (χ0v) is 13.4. The molecule has 0 spiro atoms. The Hall–Kier alpha value is -2.05. The van der Waals surface area contributed by atoms with Crippen molar-refractivity contribution in [2.24, 2.45) is 10.7 Å². The summed E-state index contributed by atoms with van der Waals surface area (Å²) in [5.74, 6) is -0.213. The predicted molar refractivity (Wildman–Crippen MR) is 90.4 cm³/mol. The van der Waals surface area contributed by atoms with Crippen LogP contribution in [0.25, 0.3) is 10.9 Å². The van der Waals surface area contributed by atoms with Gasteiger partial charge in [0.25, 0.3) is 5.91 Å². The number of nitrogens with one attached hydrogen (secondary N) is 2. The van der Waals surface area contributed by atoms with Crippen molar-refractivity contribution in [3.05, 3.63) is 35.0 Å². The molecular formula is C15H20ClN5O. The van der Waals surface area contributed by atoms with Gasteiger partial charge in [-0.2, -0.15) is 0 Å². The van der Waals surface area contributed by atoms with Crippen LogP contribution in [0.3, 0.4) is 0 Å². The zero-order valence-electron chi connectivity index (χ0n) is 12.7. The molecule has 0 aliphatic carbocycles. The van der Waals surface area contributed by atoms with Crippen LogP contribution in [0.15, 0.2) is 29.3 Å². The highest BCUT2D eigenvalue weighted by Crippen LogP contribution is 2.23. The molecule has 0 saturated carbocycles. The van der Waals surface area contributed by atoms with Crippen molar-refractivity contribution >= 4 is 34.4 Å². The quantitative estimate of drug-likeness (QED) is 0.446. The fourth-order valence-corrected chi connectivity index (χ4v) is 2.28.